The first kappa shape index (κ1) is 50.3. The lowest BCUT2D eigenvalue weighted by atomic mass is 9.85. The van der Waals surface area contributed by atoms with Crippen LogP contribution in [0.3, 0.4) is 0 Å². The lowest BCUT2D eigenvalue weighted by Crippen LogP contribution is -2.58. The number of hydrogen-bond acceptors (Lipinski definition) is 12. The fourth-order valence-corrected chi connectivity index (χ4v) is 9.89. The van der Waals surface area contributed by atoms with Gasteiger partial charge in [0.2, 0.25) is 33.5 Å². The van der Waals surface area contributed by atoms with E-state index in [1.54, 1.807) is 81.1 Å². The fraction of sp³-hybridized carbons (Fsp3) is 0.347. The van der Waals surface area contributed by atoms with Gasteiger partial charge < -0.3 is 35.1 Å². The van der Waals surface area contributed by atoms with E-state index in [1.165, 1.54) is 11.1 Å². The first-order chi connectivity index (χ1) is 32.8. The number of thiazole rings is 1. The first-order valence-electron chi connectivity index (χ1n) is 22.2. The van der Waals surface area contributed by atoms with Crippen molar-refractivity contribution in [3.05, 3.63) is 119 Å². The van der Waals surface area contributed by atoms with Crippen LogP contribution in [0.2, 0.25) is 0 Å². The van der Waals surface area contributed by atoms with E-state index in [9.17, 15) is 32.7 Å². The summed E-state index contributed by atoms with van der Waals surface area (Å²) in [6.45, 7) is 8.73. The number of anilines is 1. The van der Waals surface area contributed by atoms with Crippen LogP contribution in [0.15, 0.2) is 84.6 Å². The van der Waals surface area contributed by atoms with Crippen molar-refractivity contribution >= 4 is 61.6 Å². The summed E-state index contributed by atoms with van der Waals surface area (Å²) in [5.74, 6) is -4.87. The van der Waals surface area contributed by atoms with E-state index in [0.717, 1.165) is 33.8 Å². The average Bonchev–Trinajstić information content (AvgIpc) is 4.05. The summed E-state index contributed by atoms with van der Waals surface area (Å²) in [5.41, 5.74) is 3.72. The molecule has 69 heavy (non-hydrogen) atoms. The van der Waals surface area contributed by atoms with Crippen LogP contribution in [0, 0.1) is 24.0 Å². The quantitative estimate of drug-likeness (QED) is 0.0434. The number of nitrogens with one attached hydrogen (secondary N) is 4. The number of likely N-dealkylation sites (tertiary alicyclic amines) is 1. The van der Waals surface area contributed by atoms with E-state index < -0.39 is 86.6 Å². The summed E-state index contributed by atoms with van der Waals surface area (Å²) in [4.78, 5) is 68.3. The summed E-state index contributed by atoms with van der Waals surface area (Å²) in [5, 5.41) is 16.5. The molecule has 1 unspecified atom stereocenters. The maximum absolute atomic E-state index is 15.6. The molecule has 4 heterocycles. The van der Waals surface area contributed by atoms with Gasteiger partial charge in [0, 0.05) is 48.4 Å². The molecule has 0 aliphatic carbocycles. The molecule has 0 saturated carbocycles. The molecule has 7 rings (SSSR count). The molecule has 3 aromatic heterocycles. The molecule has 16 nitrogen and oxygen atoms in total. The minimum Gasteiger partial charge on any atom is -0.491 e. The molecule has 20 heteroatoms. The van der Waals surface area contributed by atoms with Gasteiger partial charge in [0.1, 0.15) is 42.5 Å². The summed E-state index contributed by atoms with van der Waals surface area (Å²) >= 11 is 1.55. The first-order valence-corrected chi connectivity index (χ1v) is 24.7. The SMILES string of the molecule is CCCS(=O)(=O)Nc1ccc(F)c(C(=O)c2c[nH]c3ncc(-c4cccc(OCCOCC(=O)NC(C(=O)N5C[C@H](O)C[C@H]5C(=O)NCc5ccc(-c6scnc6C)cc5)C(C)(C)C)c4)cc23)c1F. The lowest BCUT2D eigenvalue weighted by Gasteiger charge is -2.35. The van der Waals surface area contributed by atoms with Gasteiger partial charge in [0.05, 0.1) is 45.8 Å². The predicted molar refractivity (Wildman–Crippen MR) is 257 cm³/mol. The number of ketones is 1. The van der Waals surface area contributed by atoms with Crippen molar-refractivity contribution in [2.45, 2.75) is 72.2 Å². The van der Waals surface area contributed by atoms with Gasteiger partial charge >= 0.3 is 0 Å². The third-order valence-electron chi connectivity index (χ3n) is 11.4. The molecule has 3 aromatic carbocycles. The summed E-state index contributed by atoms with van der Waals surface area (Å²) in [6, 6.07) is 16.1. The van der Waals surface area contributed by atoms with Crippen molar-refractivity contribution in [3.8, 4) is 27.3 Å². The van der Waals surface area contributed by atoms with E-state index >= 15 is 8.78 Å². The third-order valence-corrected chi connectivity index (χ3v) is 13.9. The number of rotatable bonds is 19. The molecule has 1 saturated heterocycles. The Morgan fingerprint density at radius 1 is 1.00 bits per heavy atom. The fourth-order valence-electron chi connectivity index (χ4n) is 7.94. The van der Waals surface area contributed by atoms with Crippen LogP contribution in [-0.4, -0.2) is 107 Å². The molecule has 1 aliphatic heterocycles. The Morgan fingerprint density at radius 3 is 2.48 bits per heavy atom. The Kier molecular flexibility index (Phi) is 15.6. The zero-order chi connectivity index (χ0) is 49.6. The van der Waals surface area contributed by atoms with Crippen molar-refractivity contribution in [3.63, 3.8) is 0 Å². The van der Waals surface area contributed by atoms with Gasteiger partial charge in [0.15, 0.2) is 5.82 Å². The average molecular weight is 986 g/mol. The van der Waals surface area contributed by atoms with E-state index in [4.69, 9.17) is 9.47 Å². The minimum atomic E-state index is -3.93. The number of hydrogen-bond donors (Lipinski definition) is 5. The van der Waals surface area contributed by atoms with Crippen LogP contribution in [0.4, 0.5) is 14.5 Å². The minimum absolute atomic E-state index is 0.00331. The number of sulfonamides is 1. The zero-order valence-electron chi connectivity index (χ0n) is 38.6. The van der Waals surface area contributed by atoms with E-state index in [-0.39, 0.29) is 61.5 Å². The van der Waals surface area contributed by atoms with Crippen molar-refractivity contribution in [1.29, 1.82) is 0 Å². The number of H-pyrrole nitrogens is 1. The van der Waals surface area contributed by atoms with E-state index in [1.807, 2.05) is 31.2 Å². The van der Waals surface area contributed by atoms with Gasteiger partial charge in [-0.25, -0.2) is 27.2 Å². The molecule has 3 atom stereocenters. The molecule has 3 amide bonds. The molecule has 0 spiro atoms. The molecule has 1 fully saturated rings. The van der Waals surface area contributed by atoms with Gasteiger partial charge in [-0.15, -0.1) is 11.3 Å². The number of aromatic amines is 1. The summed E-state index contributed by atoms with van der Waals surface area (Å²) in [7, 11) is -3.93. The van der Waals surface area contributed by atoms with Gasteiger partial charge in [-0.3, -0.25) is 23.9 Å². The molecule has 0 bridgehead atoms. The highest BCUT2D eigenvalue weighted by atomic mass is 32.2. The normalized spacial score (nSPS) is 15.5. The number of halogens is 2. The van der Waals surface area contributed by atoms with Gasteiger partial charge in [-0.1, -0.05) is 64.1 Å². The predicted octanol–water partition coefficient (Wildman–Crippen LogP) is 6.53. The number of pyridine rings is 1. The number of benzene rings is 3. The number of ether oxygens (including phenoxy) is 2. The van der Waals surface area contributed by atoms with Crippen LogP contribution in [0.5, 0.6) is 5.75 Å². The van der Waals surface area contributed by atoms with Gasteiger partial charge in [0.25, 0.3) is 0 Å². The second-order valence-electron chi connectivity index (χ2n) is 17.7. The second kappa shape index (κ2) is 21.4. The number of aliphatic hydroxyl groups excluding tert-OH is 1. The monoisotopic (exact) mass is 985 g/mol. The number of aryl methyl sites for hydroxylation is 1. The number of carbonyl (C=O) groups excluding carboxylic acids is 4. The molecule has 6 aromatic rings. The zero-order valence-corrected chi connectivity index (χ0v) is 40.2. The third kappa shape index (κ3) is 12.0. The Balaban J connectivity index is 0.921. The topological polar surface area (TPSA) is 222 Å². The number of nitrogens with zero attached hydrogens (tertiary/aromatic N) is 3. The maximum Gasteiger partial charge on any atom is 0.246 e. The Hall–Kier alpha value is -6.61. The Bertz CT molecular complexity index is 2970. The summed E-state index contributed by atoms with van der Waals surface area (Å²) in [6.07, 6.45) is 2.21. The number of aliphatic hydroxyl groups is 1. The molecule has 1 aliphatic rings. The smallest absolute Gasteiger partial charge is 0.246 e. The van der Waals surface area contributed by atoms with Crippen LogP contribution in [-0.2, 0) is 35.7 Å². The highest BCUT2D eigenvalue weighted by Gasteiger charge is 2.44. The van der Waals surface area contributed by atoms with Crippen molar-refractivity contribution in [2.75, 3.05) is 36.8 Å². The Labute approximate surface area is 401 Å². The van der Waals surface area contributed by atoms with Crippen molar-refractivity contribution < 1.29 is 51.0 Å². The summed E-state index contributed by atoms with van der Waals surface area (Å²) < 4.78 is 68.8. The van der Waals surface area contributed by atoms with Crippen LogP contribution in [0.1, 0.15) is 67.7 Å². The van der Waals surface area contributed by atoms with E-state index in [2.05, 4.69) is 30.3 Å². The number of aromatic nitrogens is 3. The highest BCUT2D eigenvalue weighted by molar-refractivity contribution is 7.92. The van der Waals surface area contributed by atoms with Gasteiger partial charge in [-0.05, 0) is 65.8 Å². The van der Waals surface area contributed by atoms with Crippen molar-refractivity contribution in [2.24, 2.45) is 5.41 Å². The van der Waals surface area contributed by atoms with Gasteiger partial charge in [-0.2, -0.15) is 0 Å². The van der Waals surface area contributed by atoms with E-state index in [0.29, 0.717) is 16.9 Å². The number of carbonyl (C=O) groups is 4. The maximum atomic E-state index is 15.6. The largest absolute Gasteiger partial charge is 0.491 e. The number of amides is 3. The van der Waals surface area contributed by atoms with Crippen LogP contribution < -0.4 is 20.1 Å². The molecular weight excluding hydrogens is 933 g/mol. The van der Waals surface area contributed by atoms with Crippen molar-refractivity contribution in [1.82, 2.24) is 30.5 Å². The van der Waals surface area contributed by atoms with Crippen LogP contribution in [0.25, 0.3) is 32.6 Å². The highest BCUT2D eigenvalue weighted by Crippen LogP contribution is 2.32. The van der Waals surface area contributed by atoms with Crippen LogP contribution >= 0.6 is 11.3 Å². The molecule has 5 N–H and O–H groups in total. The number of fused-ring (bicyclic) bond motifs is 1. The standard InChI is InChI=1S/C49H53F2N7O9S2/c1-6-18-69(64,65)57-38-15-14-37(50)41(42(38)51)43(61)36-24-53-46-35(36)20-32(23-52-46)31-8-7-9-34(19-31)67-17-16-66-26-40(60)56-45(49(3,4)5)48(63)58-25-33(59)21-39(58)47(62)54-22-29-10-12-30(13-11-29)44-28(2)55-27-68-44/h7-15,19-20,23-24,27,33,39,45,57,59H,6,16-18,21-22,25-26H2,1-5H3,(H,52,53)(H,54,62)(H,56,60)/t33-,39+,45?/m1/s1. The molecule has 0 radical (unpaired) electrons. The Morgan fingerprint density at radius 2 is 1.77 bits per heavy atom. The number of β-amino-alcohol motifs (C(OH)–C–C–N with tert-alkyl or cyclic N) is 1. The molecule has 364 valence electrons. The molecular formula is C49H53F2N7O9S2. The second-order valence-corrected chi connectivity index (χ2v) is 20.4. The lowest BCUT2D eigenvalue weighted by molar-refractivity contribution is -0.144.